The van der Waals surface area contributed by atoms with Crippen LogP contribution in [0.15, 0.2) is 36.4 Å². The molecule has 9 heteroatoms. The number of fused-ring (bicyclic) bond motifs is 1. The molecule has 2 N–H and O–H groups in total. The molecule has 1 saturated carbocycles. The molecular formula is C23H20ClN3O5. The number of aryl methyl sites for hydroxylation is 1. The molecule has 1 atom stereocenters. The lowest BCUT2D eigenvalue weighted by atomic mass is 9.92. The highest BCUT2D eigenvalue weighted by atomic mass is 35.5. The van der Waals surface area contributed by atoms with Crippen LogP contribution in [-0.4, -0.2) is 40.4 Å². The number of ketones is 2. The highest BCUT2D eigenvalue weighted by Crippen LogP contribution is 2.31. The number of carbonyl (C=O) groups is 5. The van der Waals surface area contributed by atoms with Crippen molar-refractivity contribution in [2.45, 2.75) is 38.8 Å². The van der Waals surface area contributed by atoms with Crippen molar-refractivity contribution >= 4 is 46.7 Å². The molecule has 0 bridgehead atoms. The Bertz CT molecular complexity index is 1180. The normalized spacial score (nSPS) is 18.1. The quantitative estimate of drug-likeness (QED) is 0.545. The second-order valence-corrected chi connectivity index (χ2v) is 8.24. The van der Waals surface area contributed by atoms with E-state index < -0.39 is 29.7 Å². The summed E-state index contributed by atoms with van der Waals surface area (Å²) in [7, 11) is 0. The second kappa shape index (κ2) is 8.55. The van der Waals surface area contributed by atoms with Crippen molar-refractivity contribution in [2.24, 2.45) is 0 Å². The lowest BCUT2D eigenvalue weighted by Crippen LogP contribution is -2.47. The molecule has 2 aromatic carbocycles. The number of rotatable bonds is 4. The van der Waals surface area contributed by atoms with Crippen LogP contribution in [0.4, 0.5) is 10.5 Å². The van der Waals surface area contributed by atoms with Gasteiger partial charge in [0.1, 0.15) is 5.78 Å². The Labute approximate surface area is 188 Å². The summed E-state index contributed by atoms with van der Waals surface area (Å²) in [6.07, 6.45) is 0.0232. The lowest BCUT2D eigenvalue weighted by molar-refractivity contribution is -0.132. The predicted molar refractivity (Wildman–Crippen MR) is 117 cm³/mol. The van der Waals surface area contributed by atoms with Gasteiger partial charge in [0.05, 0.1) is 23.6 Å². The molecule has 2 aliphatic rings. The molecule has 0 saturated heterocycles. The molecular weight excluding hydrogens is 434 g/mol. The second-order valence-electron chi connectivity index (χ2n) is 7.83. The first-order valence-electron chi connectivity index (χ1n) is 10.1. The van der Waals surface area contributed by atoms with Gasteiger partial charge in [-0.2, -0.15) is 0 Å². The van der Waals surface area contributed by atoms with Crippen LogP contribution in [0.25, 0.3) is 0 Å². The van der Waals surface area contributed by atoms with Crippen LogP contribution in [0, 0.1) is 6.92 Å². The molecule has 1 heterocycles. The number of halogens is 1. The molecule has 164 valence electrons. The van der Waals surface area contributed by atoms with E-state index in [2.05, 4.69) is 10.6 Å². The lowest BCUT2D eigenvalue weighted by Gasteiger charge is -2.27. The summed E-state index contributed by atoms with van der Waals surface area (Å²) in [5.74, 6) is -1.75. The summed E-state index contributed by atoms with van der Waals surface area (Å²) >= 11 is 6.07. The Morgan fingerprint density at radius 3 is 2.62 bits per heavy atom. The van der Waals surface area contributed by atoms with Crippen LogP contribution in [-0.2, 0) is 16.1 Å². The summed E-state index contributed by atoms with van der Waals surface area (Å²) in [6, 6.07) is 8.47. The maximum atomic E-state index is 13.1. The number of amides is 4. The number of carbonyl (C=O) groups excluding carboxylic acids is 5. The van der Waals surface area contributed by atoms with Gasteiger partial charge in [0, 0.05) is 23.7 Å². The number of urea groups is 1. The molecule has 0 radical (unpaired) electrons. The number of benzene rings is 2. The van der Waals surface area contributed by atoms with Gasteiger partial charge in [-0.25, -0.2) is 4.79 Å². The van der Waals surface area contributed by atoms with Gasteiger partial charge in [-0.05, 0) is 42.7 Å². The standard InChI is InChI=1S/C23H20ClN3O5/c1-12-5-6-14(9-17(12)24)26-23(32)25-11-13-3-2-4-16-20(13)22(31)27(21(16)30)18-8-7-15(28)10-19(18)29/h2-6,9,18H,7-8,10-11H2,1H3,(H2,25,26,32). The Hall–Kier alpha value is -3.52. The summed E-state index contributed by atoms with van der Waals surface area (Å²) in [5.41, 5.74) is 2.20. The van der Waals surface area contributed by atoms with Crippen LogP contribution >= 0.6 is 11.6 Å². The first-order chi connectivity index (χ1) is 15.3. The van der Waals surface area contributed by atoms with E-state index in [0.717, 1.165) is 10.5 Å². The summed E-state index contributed by atoms with van der Waals surface area (Å²) in [6.45, 7) is 1.85. The molecule has 4 rings (SSSR count). The molecule has 4 amide bonds. The third-order valence-corrected chi connectivity index (χ3v) is 6.06. The zero-order valence-electron chi connectivity index (χ0n) is 17.2. The largest absolute Gasteiger partial charge is 0.334 e. The maximum Gasteiger partial charge on any atom is 0.319 e. The van der Waals surface area contributed by atoms with Crippen LogP contribution in [0.5, 0.6) is 0 Å². The number of anilines is 1. The van der Waals surface area contributed by atoms with Gasteiger partial charge < -0.3 is 10.6 Å². The average Bonchev–Trinajstić information content (AvgIpc) is 3.00. The van der Waals surface area contributed by atoms with E-state index in [1.165, 1.54) is 6.07 Å². The number of nitrogens with zero attached hydrogens (tertiary/aromatic N) is 1. The summed E-state index contributed by atoms with van der Waals surface area (Å²) < 4.78 is 0. The number of nitrogens with one attached hydrogen (secondary N) is 2. The topological polar surface area (TPSA) is 113 Å². The number of Topliss-reactive ketones (excluding diaryl/α,β-unsaturated/α-hetero) is 2. The van der Waals surface area contributed by atoms with Crippen molar-refractivity contribution in [1.29, 1.82) is 0 Å². The third kappa shape index (κ3) is 4.01. The zero-order chi connectivity index (χ0) is 23.0. The minimum atomic E-state index is -0.935. The van der Waals surface area contributed by atoms with Crippen LogP contribution in [0.3, 0.4) is 0 Å². The van der Waals surface area contributed by atoms with Crippen molar-refractivity contribution in [2.75, 3.05) is 5.32 Å². The monoisotopic (exact) mass is 453 g/mol. The SMILES string of the molecule is Cc1ccc(NC(=O)NCc2cccc3c2C(=O)N(C2CCC(=O)CC2=O)C3=O)cc1Cl. The molecule has 0 spiro atoms. The van der Waals surface area contributed by atoms with E-state index in [9.17, 15) is 24.0 Å². The molecule has 8 nitrogen and oxygen atoms in total. The zero-order valence-corrected chi connectivity index (χ0v) is 18.0. The predicted octanol–water partition coefficient (Wildman–Crippen LogP) is 3.26. The van der Waals surface area contributed by atoms with E-state index in [4.69, 9.17) is 11.6 Å². The van der Waals surface area contributed by atoms with Gasteiger partial charge in [-0.1, -0.05) is 29.8 Å². The van der Waals surface area contributed by atoms with Gasteiger partial charge in [0.25, 0.3) is 11.8 Å². The highest BCUT2D eigenvalue weighted by Gasteiger charge is 2.45. The Balaban J connectivity index is 1.49. The van der Waals surface area contributed by atoms with Gasteiger partial charge >= 0.3 is 6.03 Å². The number of hydrogen-bond donors (Lipinski definition) is 2. The van der Waals surface area contributed by atoms with E-state index in [1.54, 1.807) is 30.3 Å². The van der Waals surface area contributed by atoms with E-state index in [1.807, 2.05) is 6.92 Å². The van der Waals surface area contributed by atoms with Gasteiger partial charge in [-0.15, -0.1) is 0 Å². The van der Waals surface area contributed by atoms with Crippen molar-refractivity contribution in [1.82, 2.24) is 10.2 Å². The van der Waals surface area contributed by atoms with Gasteiger partial charge in [0.2, 0.25) is 0 Å². The highest BCUT2D eigenvalue weighted by molar-refractivity contribution is 6.31. The molecule has 1 aliphatic carbocycles. The molecule has 1 aliphatic heterocycles. The number of imide groups is 1. The number of hydrogen-bond acceptors (Lipinski definition) is 5. The van der Waals surface area contributed by atoms with Crippen molar-refractivity contribution < 1.29 is 24.0 Å². The van der Waals surface area contributed by atoms with Crippen molar-refractivity contribution in [3.05, 3.63) is 63.7 Å². The first-order valence-corrected chi connectivity index (χ1v) is 10.5. The Kier molecular flexibility index (Phi) is 5.80. The molecule has 2 aromatic rings. The molecule has 0 aromatic heterocycles. The minimum Gasteiger partial charge on any atom is -0.334 e. The first kappa shape index (κ1) is 21.7. The van der Waals surface area contributed by atoms with E-state index in [0.29, 0.717) is 16.3 Å². The maximum absolute atomic E-state index is 13.1. The Morgan fingerprint density at radius 1 is 1.12 bits per heavy atom. The fourth-order valence-electron chi connectivity index (χ4n) is 3.96. The molecule has 1 fully saturated rings. The fraction of sp³-hybridized carbons (Fsp3) is 0.261. The van der Waals surface area contributed by atoms with Crippen LogP contribution in [0.2, 0.25) is 5.02 Å². The van der Waals surface area contributed by atoms with Gasteiger partial charge in [0.15, 0.2) is 5.78 Å². The van der Waals surface area contributed by atoms with Crippen molar-refractivity contribution in [3.8, 4) is 0 Å². The molecule has 32 heavy (non-hydrogen) atoms. The minimum absolute atomic E-state index is 0.00143. The van der Waals surface area contributed by atoms with Crippen LogP contribution in [0.1, 0.15) is 51.1 Å². The van der Waals surface area contributed by atoms with Crippen molar-refractivity contribution in [3.63, 3.8) is 0 Å². The van der Waals surface area contributed by atoms with Gasteiger partial charge in [-0.3, -0.25) is 24.1 Å². The fourth-order valence-corrected chi connectivity index (χ4v) is 4.14. The van der Waals surface area contributed by atoms with Crippen LogP contribution < -0.4 is 10.6 Å². The van der Waals surface area contributed by atoms with E-state index >= 15 is 0 Å². The third-order valence-electron chi connectivity index (χ3n) is 5.65. The average molecular weight is 454 g/mol. The van der Waals surface area contributed by atoms with E-state index in [-0.39, 0.29) is 42.7 Å². The summed E-state index contributed by atoms with van der Waals surface area (Å²) in [4.78, 5) is 63.1. The smallest absolute Gasteiger partial charge is 0.319 e. The summed E-state index contributed by atoms with van der Waals surface area (Å²) in [5, 5.41) is 5.85. The molecule has 1 unspecified atom stereocenters. The Morgan fingerprint density at radius 2 is 1.91 bits per heavy atom.